The predicted molar refractivity (Wildman–Crippen MR) is 106 cm³/mol. The summed E-state index contributed by atoms with van der Waals surface area (Å²) >= 11 is 0. The molecule has 1 fully saturated rings. The lowest BCUT2D eigenvalue weighted by molar-refractivity contribution is 0.158. The molecule has 1 atom stereocenters. The van der Waals surface area contributed by atoms with Crippen LogP contribution < -0.4 is 5.32 Å². The summed E-state index contributed by atoms with van der Waals surface area (Å²) in [6.07, 6.45) is 0.558. The first-order chi connectivity index (χ1) is 11.9. The van der Waals surface area contributed by atoms with Gasteiger partial charge in [-0.1, -0.05) is 48.5 Å². The highest BCUT2D eigenvalue weighted by atomic mass is 35.5. The first-order valence-electron chi connectivity index (χ1n) is 8.79. The van der Waals surface area contributed by atoms with Gasteiger partial charge in [0.2, 0.25) is 0 Å². The van der Waals surface area contributed by atoms with Crippen LogP contribution in [0, 0.1) is 0 Å². The van der Waals surface area contributed by atoms with E-state index in [0.717, 1.165) is 26.2 Å². The Balaban J connectivity index is 0.00000182. The van der Waals surface area contributed by atoms with Crippen LogP contribution in [0.1, 0.15) is 18.0 Å². The van der Waals surface area contributed by atoms with Gasteiger partial charge in [-0.25, -0.2) is 0 Å². The van der Waals surface area contributed by atoms with Gasteiger partial charge in [0, 0.05) is 32.2 Å². The minimum Gasteiger partial charge on any atom is -0.314 e. The van der Waals surface area contributed by atoms with Crippen molar-refractivity contribution in [3.05, 3.63) is 60.2 Å². The number of hydrogen-bond acceptors (Lipinski definition) is 2. The molecule has 25 heavy (non-hydrogen) atoms. The topological polar surface area (TPSA) is 15.3 Å². The minimum atomic E-state index is -0.282. The van der Waals surface area contributed by atoms with Gasteiger partial charge in [0.25, 0.3) is 0 Å². The summed E-state index contributed by atoms with van der Waals surface area (Å²) in [5.41, 5.74) is 1.27. The van der Waals surface area contributed by atoms with Crippen molar-refractivity contribution < 1.29 is 4.39 Å². The van der Waals surface area contributed by atoms with Gasteiger partial charge in [-0.15, -0.1) is 12.4 Å². The molecule has 0 aromatic heterocycles. The molecule has 1 aliphatic rings. The Bertz CT molecular complexity index is 846. The van der Waals surface area contributed by atoms with Crippen molar-refractivity contribution in [1.29, 1.82) is 0 Å². The Morgan fingerprint density at radius 2 is 1.56 bits per heavy atom. The first kappa shape index (κ1) is 18.1. The number of halogens is 2. The average Bonchev–Trinajstić information content (AvgIpc) is 2.66. The van der Waals surface area contributed by atoms with Crippen LogP contribution in [-0.2, 0) is 0 Å². The Morgan fingerprint density at radius 3 is 2.28 bits per heavy atom. The summed E-state index contributed by atoms with van der Waals surface area (Å²) in [5.74, 6) is 0. The van der Waals surface area contributed by atoms with Gasteiger partial charge in [-0.2, -0.15) is 0 Å². The molecule has 4 rings (SSSR count). The molecule has 0 radical (unpaired) electrons. The van der Waals surface area contributed by atoms with E-state index in [1.165, 1.54) is 27.1 Å². The number of nitrogens with zero attached hydrogens (tertiary/aromatic N) is 1. The minimum absolute atomic E-state index is 0. The van der Waals surface area contributed by atoms with Crippen LogP contribution in [0.5, 0.6) is 0 Å². The van der Waals surface area contributed by atoms with E-state index in [4.69, 9.17) is 0 Å². The molecule has 132 valence electrons. The summed E-state index contributed by atoms with van der Waals surface area (Å²) in [5, 5.41) is 8.44. The zero-order valence-electron chi connectivity index (χ0n) is 14.2. The van der Waals surface area contributed by atoms with Crippen molar-refractivity contribution in [2.24, 2.45) is 0 Å². The zero-order valence-corrected chi connectivity index (χ0v) is 15.1. The van der Waals surface area contributed by atoms with Crippen molar-refractivity contribution in [3.8, 4) is 0 Å². The second-order valence-corrected chi connectivity index (χ2v) is 6.51. The fourth-order valence-electron chi connectivity index (χ4n) is 3.99. The quantitative estimate of drug-likeness (QED) is 0.679. The number of benzene rings is 3. The van der Waals surface area contributed by atoms with Crippen molar-refractivity contribution in [3.63, 3.8) is 0 Å². The highest BCUT2D eigenvalue weighted by Crippen LogP contribution is 2.35. The van der Waals surface area contributed by atoms with Gasteiger partial charge < -0.3 is 5.32 Å². The third kappa shape index (κ3) is 3.50. The first-order valence-corrected chi connectivity index (χ1v) is 8.79. The lowest BCUT2D eigenvalue weighted by Crippen LogP contribution is -2.45. The molecular weight excluding hydrogens is 335 g/mol. The lowest BCUT2D eigenvalue weighted by Gasteiger charge is -2.35. The van der Waals surface area contributed by atoms with Gasteiger partial charge in [0.05, 0.1) is 6.67 Å². The average molecular weight is 359 g/mol. The third-order valence-electron chi connectivity index (χ3n) is 5.13. The Morgan fingerprint density at radius 1 is 0.920 bits per heavy atom. The van der Waals surface area contributed by atoms with Crippen molar-refractivity contribution in [2.75, 3.05) is 32.9 Å². The molecule has 1 saturated heterocycles. The number of hydrogen-bond donors (Lipinski definition) is 1. The van der Waals surface area contributed by atoms with Crippen LogP contribution in [0.4, 0.5) is 4.39 Å². The SMILES string of the molecule is Cl.FCC[C@@H](c1cc2ccccc2c2ccccc12)N1CCNCC1. The molecule has 0 saturated carbocycles. The lowest BCUT2D eigenvalue weighted by atomic mass is 9.91. The molecular formula is C21H24ClFN2. The van der Waals surface area contributed by atoms with E-state index in [0.29, 0.717) is 6.42 Å². The van der Waals surface area contributed by atoms with Crippen LogP contribution in [0.25, 0.3) is 21.5 Å². The summed E-state index contributed by atoms with van der Waals surface area (Å²) in [6.45, 7) is 3.63. The van der Waals surface area contributed by atoms with Gasteiger partial charge in [0.1, 0.15) is 0 Å². The summed E-state index contributed by atoms with van der Waals surface area (Å²) in [7, 11) is 0. The Kier molecular flexibility index (Phi) is 5.89. The predicted octanol–water partition coefficient (Wildman–Crippen LogP) is 4.72. The standard InChI is InChI=1S/C21H23FN2.ClH/c22-10-9-21(24-13-11-23-12-14-24)20-15-16-5-1-2-6-17(16)18-7-3-4-8-19(18)20;/h1-8,15,21,23H,9-14H2;1H/t21-;/m0./s1. The number of alkyl halides is 1. The van der Waals surface area contributed by atoms with Crippen molar-refractivity contribution in [1.82, 2.24) is 10.2 Å². The van der Waals surface area contributed by atoms with Gasteiger partial charge >= 0.3 is 0 Å². The summed E-state index contributed by atoms with van der Waals surface area (Å²) < 4.78 is 13.4. The molecule has 4 heteroatoms. The third-order valence-corrected chi connectivity index (χ3v) is 5.13. The van der Waals surface area contributed by atoms with E-state index < -0.39 is 0 Å². The molecule has 0 spiro atoms. The zero-order chi connectivity index (χ0) is 16.4. The second kappa shape index (κ2) is 8.13. The molecule has 0 aliphatic carbocycles. The molecule has 3 aromatic rings. The number of piperazine rings is 1. The van der Waals surface area contributed by atoms with Crippen LogP contribution >= 0.6 is 12.4 Å². The van der Waals surface area contributed by atoms with Crippen LogP contribution in [0.15, 0.2) is 54.6 Å². The van der Waals surface area contributed by atoms with Crippen molar-refractivity contribution in [2.45, 2.75) is 12.5 Å². The van der Waals surface area contributed by atoms with Crippen LogP contribution in [-0.4, -0.2) is 37.8 Å². The maximum Gasteiger partial charge on any atom is 0.0912 e. The van der Waals surface area contributed by atoms with Crippen molar-refractivity contribution >= 4 is 34.0 Å². The molecule has 0 amide bonds. The molecule has 1 N–H and O–H groups in total. The maximum atomic E-state index is 13.4. The fraction of sp³-hybridized carbons (Fsp3) is 0.333. The summed E-state index contributed by atoms with van der Waals surface area (Å²) in [6, 6.07) is 19.5. The molecule has 0 bridgehead atoms. The smallest absolute Gasteiger partial charge is 0.0912 e. The monoisotopic (exact) mass is 358 g/mol. The van der Waals surface area contributed by atoms with E-state index in [2.05, 4.69) is 64.8 Å². The fourth-order valence-corrected chi connectivity index (χ4v) is 3.99. The van der Waals surface area contributed by atoms with Crippen LogP contribution in [0.3, 0.4) is 0 Å². The number of fused-ring (bicyclic) bond motifs is 3. The molecule has 1 aliphatic heterocycles. The Hall–Kier alpha value is -1.68. The highest BCUT2D eigenvalue weighted by molar-refractivity contribution is 6.09. The van der Waals surface area contributed by atoms with E-state index in [1.54, 1.807) is 0 Å². The van der Waals surface area contributed by atoms with Gasteiger partial charge in [0.15, 0.2) is 0 Å². The number of nitrogens with one attached hydrogen (secondary N) is 1. The molecule has 0 unspecified atom stereocenters. The molecule has 1 heterocycles. The summed E-state index contributed by atoms with van der Waals surface area (Å²) in [4.78, 5) is 2.44. The Labute approximate surface area is 154 Å². The van der Waals surface area contributed by atoms with E-state index >= 15 is 0 Å². The largest absolute Gasteiger partial charge is 0.314 e. The molecule has 2 nitrogen and oxygen atoms in total. The highest BCUT2D eigenvalue weighted by Gasteiger charge is 2.24. The van der Waals surface area contributed by atoms with Gasteiger partial charge in [-0.05, 0) is 39.6 Å². The van der Waals surface area contributed by atoms with Crippen LogP contribution in [0.2, 0.25) is 0 Å². The van der Waals surface area contributed by atoms with E-state index in [-0.39, 0.29) is 25.1 Å². The van der Waals surface area contributed by atoms with E-state index in [9.17, 15) is 4.39 Å². The molecule has 3 aromatic carbocycles. The normalized spacial score (nSPS) is 16.7. The van der Waals surface area contributed by atoms with E-state index in [1.807, 2.05) is 0 Å². The second-order valence-electron chi connectivity index (χ2n) is 6.51. The maximum absolute atomic E-state index is 13.4. The van der Waals surface area contributed by atoms with Gasteiger partial charge in [-0.3, -0.25) is 9.29 Å². The number of rotatable bonds is 4.